The Bertz CT molecular complexity index is 397. The van der Waals surface area contributed by atoms with Crippen molar-refractivity contribution in [3.63, 3.8) is 0 Å². The van der Waals surface area contributed by atoms with Gasteiger partial charge in [-0.15, -0.1) is 0 Å². The molecule has 0 aliphatic heterocycles. The highest BCUT2D eigenvalue weighted by Crippen LogP contribution is 2.25. The van der Waals surface area contributed by atoms with Gasteiger partial charge in [0.2, 0.25) is 0 Å². The van der Waals surface area contributed by atoms with Crippen LogP contribution in [0.1, 0.15) is 22.8 Å². The molecule has 0 radical (unpaired) electrons. The van der Waals surface area contributed by atoms with Crippen molar-refractivity contribution in [2.24, 2.45) is 0 Å². The Morgan fingerprint density at radius 3 is 2.44 bits per heavy atom. The second kappa shape index (κ2) is 4.55. The number of Topliss-reactive ketones (excluding diaryl/α,β-unsaturated/α-hetero) is 1. The number of carbonyl (C=O) groups is 1. The van der Waals surface area contributed by atoms with Crippen molar-refractivity contribution in [1.82, 2.24) is 0 Å². The first-order valence-corrected chi connectivity index (χ1v) is 4.70. The third-order valence-corrected chi connectivity index (χ3v) is 1.88. The van der Waals surface area contributed by atoms with E-state index < -0.39 is 17.5 Å². The van der Waals surface area contributed by atoms with Gasteiger partial charge in [-0.05, 0) is 37.6 Å². The summed E-state index contributed by atoms with van der Waals surface area (Å²) in [6.45, 7) is 3.66. The lowest BCUT2D eigenvalue weighted by Gasteiger charge is -2.09. The summed E-state index contributed by atoms with van der Waals surface area (Å²) in [5.74, 6) is -1.58. The third-order valence-electron chi connectivity index (χ3n) is 1.88. The van der Waals surface area contributed by atoms with Crippen molar-refractivity contribution in [3.05, 3.63) is 29.3 Å². The quantitative estimate of drug-likeness (QED) is 0.748. The van der Waals surface area contributed by atoms with Crippen LogP contribution in [0.5, 0.6) is 5.75 Å². The number of carbonyl (C=O) groups excluding carboxylic acids is 1. The molecule has 0 spiro atoms. The van der Waals surface area contributed by atoms with E-state index >= 15 is 0 Å². The maximum atomic E-state index is 12.2. The molecule has 1 aromatic carbocycles. The zero-order chi connectivity index (χ0) is 12.3. The molecule has 88 valence electrons. The molecule has 16 heavy (non-hydrogen) atoms. The second-order valence-electron chi connectivity index (χ2n) is 3.29. The Labute approximate surface area is 91.0 Å². The molecule has 0 atom stereocenters. The molecule has 0 amide bonds. The highest BCUT2D eigenvalue weighted by molar-refractivity contribution is 6.00. The highest BCUT2D eigenvalue weighted by atomic mass is 19.4. The number of rotatable bonds is 3. The molecule has 0 N–H and O–H groups in total. The second-order valence-corrected chi connectivity index (χ2v) is 3.29. The molecule has 0 aliphatic rings. The zero-order valence-electron chi connectivity index (χ0n) is 8.89. The molecule has 0 aliphatic carbocycles. The number of ketones is 1. The van der Waals surface area contributed by atoms with Crippen LogP contribution < -0.4 is 4.74 Å². The predicted molar refractivity (Wildman–Crippen MR) is 52.7 cm³/mol. The van der Waals surface area contributed by atoms with Crippen LogP contribution in [0.15, 0.2) is 18.2 Å². The van der Waals surface area contributed by atoms with E-state index in [0.29, 0.717) is 12.2 Å². The van der Waals surface area contributed by atoms with Crippen LogP contribution in [0.3, 0.4) is 0 Å². The zero-order valence-corrected chi connectivity index (χ0v) is 8.89. The molecule has 0 fully saturated rings. The Morgan fingerprint density at radius 2 is 1.94 bits per heavy atom. The van der Waals surface area contributed by atoms with Gasteiger partial charge in [0.05, 0.1) is 6.61 Å². The molecular formula is C11H11F3O2. The lowest BCUT2D eigenvalue weighted by atomic mass is 10.1. The van der Waals surface area contributed by atoms with Crippen molar-refractivity contribution in [1.29, 1.82) is 0 Å². The Morgan fingerprint density at radius 1 is 1.31 bits per heavy atom. The maximum absolute atomic E-state index is 12.2. The SMILES string of the molecule is CCOc1cc(C)cc(C(=O)C(F)(F)F)c1. The minimum atomic E-state index is -4.85. The summed E-state index contributed by atoms with van der Waals surface area (Å²) in [7, 11) is 0. The number of alkyl halides is 3. The standard InChI is InChI=1S/C11H11F3O2/c1-3-16-9-5-7(2)4-8(6-9)10(15)11(12,13)14/h4-6H,3H2,1-2H3. The molecular weight excluding hydrogens is 221 g/mol. The van der Waals surface area contributed by atoms with Crippen LogP contribution in [-0.2, 0) is 0 Å². The summed E-state index contributed by atoms with van der Waals surface area (Å²) in [6, 6.07) is 3.88. The fourth-order valence-electron chi connectivity index (χ4n) is 1.29. The smallest absolute Gasteiger partial charge is 0.454 e. The molecule has 0 unspecified atom stereocenters. The van der Waals surface area contributed by atoms with Crippen molar-refractivity contribution >= 4 is 5.78 Å². The van der Waals surface area contributed by atoms with Gasteiger partial charge in [0, 0.05) is 5.56 Å². The van der Waals surface area contributed by atoms with E-state index in [1.54, 1.807) is 19.9 Å². The van der Waals surface area contributed by atoms with Crippen LogP contribution in [0.2, 0.25) is 0 Å². The van der Waals surface area contributed by atoms with E-state index in [1.165, 1.54) is 6.07 Å². The highest BCUT2D eigenvalue weighted by Gasteiger charge is 2.39. The summed E-state index contributed by atoms with van der Waals surface area (Å²) >= 11 is 0. The number of halogens is 3. The third kappa shape index (κ3) is 2.98. The first-order chi connectivity index (χ1) is 7.34. The number of benzene rings is 1. The Kier molecular flexibility index (Phi) is 3.57. The monoisotopic (exact) mass is 232 g/mol. The van der Waals surface area contributed by atoms with Crippen molar-refractivity contribution in [2.75, 3.05) is 6.61 Å². The van der Waals surface area contributed by atoms with Gasteiger partial charge in [-0.3, -0.25) is 4.79 Å². The van der Waals surface area contributed by atoms with E-state index in [-0.39, 0.29) is 5.75 Å². The van der Waals surface area contributed by atoms with Crippen molar-refractivity contribution in [2.45, 2.75) is 20.0 Å². The largest absolute Gasteiger partial charge is 0.494 e. The van der Waals surface area contributed by atoms with E-state index in [0.717, 1.165) is 6.07 Å². The minimum absolute atomic E-state index is 0.273. The number of hydrogen-bond acceptors (Lipinski definition) is 2. The average molecular weight is 232 g/mol. The van der Waals surface area contributed by atoms with E-state index in [4.69, 9.17) is 4.74 Å². The summed E-state index contributed by atoms with van der Waals surface area (Å²) in [5, 5.41) is 0. The molecule has 2 nitrogen and oxygen atoms in total. The molecule has 0 heterocycles. The van der Waals surface area contributed by atoms with Crippen LogP contribution in [0, 0.1) is 6.92 Å². The molecule has 5 heteroatoms. The van der Waals surface area contributed by atoms with Crippen LogP contribution in [0.4, 0.5) is 13.2 Å². The summed E-state index contributed by atoms with van der Waals surface area (Å²) in [5.41, 5.74) is 0.162. The molecule has 0 saturated carbocycles. The maximum Gasteiger partial charge on any atom is 0.454 e. The molecule has 1 rings (SSSR count). The van der Waals surface area contributed by atoms with Crippen LogP contribution >= 0.6 is 0 Å². The fraction of sp³-hybridized carbons (Fsp3) is 0.364. The van der Waals surface area contributed by atoms with Gasteiger partial charge in [0.1, 0.15) is 5.75 Å². The van der Waals surface area contributed by atoms with E-state index in [9.17, 15) is 18.0 Å². The summed E-state index contributed by atoms with van der Waals surface area (Å²) < 4.78 is 41.7. The van der Waals surface area contributed by atoms with Gasteiger partial charge >= 0.3 is 6.18 Å². The average Bonchev–Trinajstić information content (AvgIpc) is 2.14. The topological polar surface area (TPSA) is 26.3 Å². The van der Waals surface area contributed by atoms with Gasteiger partial charge in [0.25, 0.3) is 5.78 Å². The van der Waals surface area contributed by atoms with Gasteiger partial charge < -0.3 is 4.74 Å². The number of ether oxygens (including phenoxy) is 1. The van der Waals surface area contributed by atoms with E-state index in [2.05, 4.69) is 0 Å². The van der Waals surface area contributed by atoms with Gasteiger partial charge in [-0.2, -0.15) is 13.2 Å². The lowest BCUT2D eigenvalue weighted by Crippen LogP contribution is -2.22. The van der Waals surface area contributed by atoms with Crippen molar-refractivity contribution < 1.29 is 22.7 Å². The van der Waals surface area contributed by atoms with Crippen molar-refractivity contribution in [3.8, 4) is 5.75 Å². The predicted octanol–water partition coefficient (Wildman–Crippen LogP) is 3.14. The number of hydrogen-bond donors (Lipinski definition) is 0. The first-order valence-electron chi connectivity index (χ1n) is 4.70. The molecule has 0 aromatic heterocycles. The van der Waals surface area contributed by atoms with Gasteiger partial charge in [-0.1, -0.05) is 0 Å². The lowest BCUT2D eigenvalue weighted by molar-refractivity contribution is -0.0885. The van der Waals surface area contributed by atoms with Crippen LogP contribution in [0.25, 0.3) is 0 Å². The fourth-order valence-corrected chi connectivity index (χ4v) is 1.29. The summed E-state index contributed by atoms with van der Waals surface area (Å²) in [4.78, 5) is 11.0. The van der Waals surface area contributed by atoms with Crippen LogP contribution in [-0.4, -0.2) is 18.6 Å². The molecule has 0 saturated heterocycles. The molecule has 1 aromatic rings. The number of aryl methyl sites for hydroxylation is 1. The molecule has 0 bridgehead atoms. The Hall–Kier alpha value is -1.52. The summed E-state index contributed by atoms with van der Waals surface area (Å²) in [6.07, 6.45) is -4.85. The van der Waals surface area contributed by atoms with Gasteiger partial charge in [0.15, 0.2) is 0 Å². The van der Waals surface area contributed by atoms with Gasteiger partial charge in [-0.25, -0.2) is 0 Å². The first kappa shape index (κ1) is 12.5. The normalized spacial score (nSPS) is 11.3. The Balaban J connectivity index is 3.10. The minimum Gasteiger partial charge on any atom is -0.494 e. The van der Waals surface area contributed by atoms with E-state index in [1.807, 2.05) is 0 Å².